The van der Waals surface area contributed by atoms with E-state index in [9.17, 15) is 36.4 Å². The van der Waals surface area contributed by atoms with Crippen LogP contribution in [0.3, 0.4) is 0 Å². The molecule has 4 aromatic rings. The normalized spacial score (nSPS) is 12.4. The van der Waals surface area contributed by atoms with Crippen LogP contribution in [0.1, 0.15) is 43.0 Å². The van der Waals surface area contributed by atoms with Crippen molar-refractivity contribution in [1.29, 1.82) is 5.26 Å². The Bertz CT molecular complexity index is 1600. The number of aromatic nitrogens is 3. The van der Waals surface area contributed by atoms with Gasteiger partial charge in [-0.05, 0) is 62.2 Å². The van der Waals surface area contributed by atoms with Gasteiger partial charge in [0.1, 0.15) is 0 Å². The van der Waals surface area contributed by atoms with Crippen molar-refractivity contribution in [3.63, 3.8) is 0 Å². The van der Waals surface area contributed by atoms with Crippen molar-refractivity contribution < 1.29 is 31.1 Å². The molecule has 2 aromatic heterocycles. The Morgan fingerprint density at radius 1 is 0.950 bits per heavy atom. The predicted molar refractivity (Wildman–Crippen MR) is 136 cm³/mol. The van der Waals surface area contributed by atoms with Gasteiger partial charge in [0.15, 0.2) is 5.65 Å². The van der Waals surface area contributed by atoms with Gasteiger partial charge in [0, 0.05) is 24.5 Å². The summed E-state index contributed by atoms with van der Waals surface area (Å²) in [7, 11) is 1.38. The number of halogens is 6. The van der Waals surface area contributed by atoms with E-state index in [0.29, 0.717) is 46.4 Å². The number of rotatable bonds is 5. The SMILES string of the molecule is CCn1ncc2c(-c3ccc(C#N)cc3)c(N(C)C(=O)C(C)(C)c3cc(C(F)(F)F)cc(C(F)(F)F)c3)cnc21. The standard InChI is InChI=1S/C28H23F6N5O/c1-5-39-24-21(14-37-39)23(17-8-6-16(13-35)7-9-17)22(15-36-24)38(4)25(40)26(2,3)18-10-19(27(29,30)31)12-20(11-18)28(32,33)34/h6-12,14-15H,5H2,1-4H3. The van der Waals surface area contributed by atoms with Crippen LogP contribution in [0.4, 0.5) is 32.0 Å². The van der Waals surface area contributed by atoms with Gasteiger partial charge in [0.25, 0.3) is 0 Å². The first kappa shape index (κ1) is 28.6. The lowest BCUT2D eigenvalue weighted by molar-refractivity contribution is -0.143. The molecular weight excluding hydrogens is 536 g/mol. The lowest BCUT2D eigenvalue weighted by Gasteiger charge is -2.32. The molecule has 0 aliphatic heterocycles. The Kier molecular flexibility index (Phi) is 7.13. The molecule has 0 unspecified atom stereocenters. The number of nitriles is 1. The third-order valence-corrected chi connectivity index (χ3v) is 6.76. The summed E-state index contributed by atoms with van der Waals surface area (Å²) in [5.74, 6) is -0.765. The Hall–Kier alpha value is -4.40. The van der Waals surface area contributed by atoms with Gasteiger partial charge in [-0.1, -0.05) is 12.1 Å². The Morgan fingerprint density at radius 3 is 2.00 bits per heavy atom. The van der Waals surface area contributed by atoms with E-state index in [1.807, 2.05) is 13.0 Å². The second kappa shape index (κ2) is 9.97. The zero-order chi connectivity index (χ0) is 29.6. The van der Waals surface area contributed by atoms with E-state index in [0.717, 1.165) is 4.90 Å². The second-order valence-electron chi connectivity index (χ2n) is 9.69. The smallest absolute Gasteiger partial charge is 0.313 e. The molecule has 0 aliphatic rings. The largest absolute Gasteiger partial charge is 0.416 e. The Labute approximate surface area is 225 Å². The highest BCUT2D eigenvalue weighted by Crippen LogP contribution is 2.41. The first-order chi connectivity index (χ1) is 18.6. The summed E-state index contributed by atoms with van der Waals surface area (Å²) in [6, 6.07) is 9.70. The monoisotopic (exact) mass is 559 g/mol. The number of carbonyl (C=O) groups is 1. The number of alkyl halides is 6. The molecule has 6 nitrogen and oxygen atoms in total. The van der Waals surface area contributed by atoms with E-state index in [1.165, 1.54) is 27.1 Å². The number of pyridine rings is 1. The fraction of sp³-hybridized carbons (Fsp3) is 0.286. The fourth-order valence-electron chi connectivity index (χ4n) is 4.48. The molecule has 0 atom stereocenters. The highest BCUT2D eigenvalue weighted by Gasteiger charge is 2.41. The Balaban J connectivity index is 1.88. The van der Waals surface area contributed by atoms with Crippen LogP contribution < -0.4 is 4.90 Å². The number of hydrogen-bond acceptors (Lipinski definition) is 4. The van der Waals surface area contributed by atoms with Crippen molar-refractivity contribution >= 4 is 22.6 Å². The summed E-state index contributed by atoms with van der Waals surface area (Å²) in [5, 5.41) is 14.1. The van der Waals surface area contributed by atoms with Gasteiger partial charge in [0.05, 0.1) is 46.3 Å². The molecular formula is C28H23F6N5O. The maximum absolute atomic E-state index is 13.8. The van der Waals surface area contributed by atoms with Crippen LogP contribution in [0, 0.1) is 11.3 Å². The van der Waals surface area contributed by atoms with E-state index in [1.54, 1.807) is 35.1 Å². The molecule has 0 N–H and O–H groups in total. The molecule has 4 rings (SSSR count). The minimum absolute atomic E-state index is 0.0278. The van der Waals surface area contributed by atoms with Crippen LogP contribution in [0.2, 0.25) is 0 Å². The van der Waals surface area contributed by atoms with Gasteiger partial charge >= 0.3 is 12.4 Å². The average Bonchev–Trinajstić information content (AvgIpc) is 3.33. The number of benzene rings is 2. The zero-order valence-electron chi connectivity index (χ0n) is 21.8. The quantitative estimate of drug-likeness (QED) is 0.248. The van der Waals surface area contributed by atoms with Crippen LogP contribution >= 0.6 is 0 Å². The van der Waals surface area contributed by atoms with Gasteiger partial charge in [-0.15, -0.1) is 0 Å². The van der Waals surface area contributed by atoms with Gasteiger partial charge in [-0.2, -0.15) is 36.7 Å². The summed E-state index contributed by atoms with van der Waals surface area (Å²) in [6.07, 6.45) is -7.14. The number of nitrogens with zero attached hydrogens (tertiary/aromatic N) is 5. The van der Waals surface area contributed by atoms with Gasteiger partial charge in [-0.3, -0.25) is 4.79 Å². The summed E-state index contributed by atoms with van der Waals surface area (Å²) in [6.45, 7) is 4.90. The lowest BCUT2D eigenvalue weighted by Crippen LogP contribution is -2.42. The topological polar surface area (TPSA) is 74.8 Å². The molecule has 0 bridgehead atoms. The molecule has 208 valence electrons. The van der Waals surface area contributed by atoms with E-state index in [2.05, 4.69) is 10.1 Å². The van der Waals surface area contributed by atoms with Crippen LogP contribution in [-0.4, -0.2) is 27.7 Å². The average molecular weight is 560 g/mol. The molecule has 40 heavy (non-hydrogen) atoms. The van der Waals surface area contributed by atoms with E-state index in [-0.39, 0.29) is 11.8 Å². The number of carbonyl (C=O) groups excluding carboxylic acids is 1. The zero-order valence-corrected chi connectivity index (χ0v) is 21.8. The minimum Gasteiger partial charge on any atom is -0.313 e. The van der Waals surface area contributed by atoms with E-state index >= 15 is 0 Å². The minimum atomic E-state index is -5.06. The Morgan fingerprint density at radius 2 is 1.50 bits per heavy atom. The molecule has 0 spiro atoms. The third-order valence-electron chi connectivity index (χ3n) is 6.76. The number of fused-ring (bicyclic) bond motifs is 1. The first-order valence-corrected chi connectivity index (χ1v) is 12.0. The maximum Gasteiger partial charge on any atom is 0.416 e. The van der Waals surface area contributed by atoms with Crippen LogP contribution in [0.25, 0.3) is 22.2 Å². The molecule has 0 saturated heterocycles. The number of amides is 1. The van der Waals surface area contributed by atoms with Crippen molar-refractivity contribution in [3.05, 3.63) is 77.1 Å². The van der Waals surface area contributed by atoms with E-state index in [4.69, 9.17) is 0 Å². The molecule has 2 aromatic carbocycles. The second-order valence-corrected chi connectivity index (χ2v) is 9.69. The predicted octanol–water partition coefficient (Wildman–Crippen LogP) is 6.97. The number of aryl methyl sites for hydroxylation is 1. The van der Waals surface area contributed by atoms with E-state index < -0.39 is 40.4 Å². The van der Waals surface area contributed by atoms with Crippen LogP contribution in [-0.2, 0) is 29.1 Å². The maximum atomic E-state index is 13.8. The van der Waals surface area contributed by atoms with Crippen molar-refractivity contribution in [2.75, 3.05) is 11.9 Å². The summed E-state index contributed by atoms with van der Waals surface area (Å²) in [5.41, 5.74) is -2.97. The molecule has 0 aliphatic carbocycles. The molecule has 12 heteroatoms. The van der Waals surface area contributed by atoms with Gasteiger partial charge in [0.2, 0.25) is 5.91 Å². The molecule has 2 heterocycles. The van der Waals surface area contributed by atoms with Crippen LogP contribution in [0.5, 0.6) is 0 Å². The van der Waals surface area contributed by atoms with Crippen molar-refractivity contribution in [1.82, 2.24) is 14.8 Å². The molecule has 1 amide bonds. The fourth-order valence-corrected chi connectivity index (χ4v) is 4.48. The van der Waals surface area contributed by atoms with Crippen molar-refractivity contribution in [3.8, 4) is 17.2 Å². The first-order valence-electron chi connectivity index (χ1n) is 12.0. The van der Waals surface area contributed by atoms with Gasteiger partial charge < -0.3 is 4.90 Å². The molecule has 0 saturated carbocycles. The molecule has 0 fully saturated rings. The van der Waals surface area contributed by atoms with Crippen molar-refractivity contribution in [2.45, 2.75) is 45.1 Å². The number of likely N-dealkylation sites (N-methyl/N-ethyl adjacent to an activating group) is 1. The summed E-state index contributed by atoms with van der Waals surface area (Å²) >= 11 is 0. The third kappa shape index (κ3) is 5.11. The number of hydrogen-bond donors (Lipinski definition) is 0. The van der Waals surface area contributed by atoms with Gasteiger partial charge in [-0.25, -0.2) is 9.67 Å². The summed E-state index contributed by atoms with van der Waals surface area (Å²) in [4.78, 5) is 19.4. The lowest BCUT2D eigenvalue weighted by atomic mass is 9.81. The highest BCUT2D eigenvalue weighted by atomic mass is 19.4. The number of anilines is 1. The highest BCUT2D eigenvalue weighted by molar-refractivity contribution is 6.08. The summed E-state index contributed by atoms with van der Waals surface area (Å²) < 4.78 is 82.8. The van der Waals surface area contributed by atoms with Crippen molar-refractivity contribution in [2.24, 2.45) is 0 Å². The molecule has 0 radical (unpaired) electrons. The van der Waals surface area contributed by atoms with Crippen LogP contribution in [0.15, 0.2) is 54.9 Å².